The van der Waals surface area contributed by atoms with Gasteiger partial charge >= 0.3 is 13.8 Å². The van der Waals surface area contributed by atoms with Gasteiger partial charge in [0.15, 0.2) is 6.10 Å². The predicted octanol–water partition coefficient (Wildman–Crippen LogP) is 5.55. The highest BCUT2D eigenvalue weighted by molar-refractivity contribution is 7.49. The molecule has 0 heterocycles. The number of esters is 1. The van der Waals surface area contributed by atoms with Gasteiger partial charge in [-0.2, -0.15) is 0 Å². The second-order valence-corrected chi connectivity index (χ2v) is 8.22. The lowest BCUT2D eigenvalue weighted by atomic mass is 10.1. The van der Waals surface area contributed by atoms with Crippen molar-refractivity contribution in [2.24, 2.45) is 5.92 Å². The van der Waals surface area contributed by atoms with Gasteiger partial charge in [-0.25, -0.2) is 9.36 Å². The molecule has 0 aliphatic rings. The maximum Gasteiger partial charge on any atom is 0.588 e. The summed E-state index contributed by atoms with van der Waals surface area (Å²) in [6.45, 7) is 5.62. The summed E-state index contributed by atoms with van der Waals surface area (Å²) in [5, 5.41) is 10.8. The summed E-state index contributed by atoms with van der Waals surface area (Å²) in [5.74, 6) is -0.260. The van der Waals surface area contributed by atoms with Gasteiger partial charge in [-0.05, 0) is 37.1 Å². The molecule has 0 bridgehead atoms. The second kappa shape index (κ2) is 11.5. The molecule has 2 aromatic carbocycles. The molecular formula is C21H26NO8P. The number of benzene rings is 2. The van der Waals surface area contributed by atoms with E-state index in [0.29, 0.717) is 0 Å². The Hall–Kier alpha value is -2.90. The van der Waals surface area contributed by atoms with E-state index < -0.39 is 24.8 Å². The Kier molecular flexibility index (Phi) is 9.03. The molecule has 0 N–H and O–H groups in total. The first-order valence-corrected chi connectivity index (χ1v) is 11.4. The molecule has 0 saturated heterocycles. The molecule has 31 heavy (non-hydrogen) atoms. The molecule has 1 unspecified atom stereocenters. The lowest BCUT2D eigenvalue weighted by molar-refractivity contribution is -0.384. The highest BCUT2D eigenvalue weighted by Crippen LogP contribution is 2.50. The van der Waals surface area contributed by atoms with Crippen molar-refractivity contribution in [3.05, 3.63) is 64.7 Å². The molecule has 0 amide bonds. The number of non-ortho nitro benzene ring substituents is 1. The quantitative estimate of drug-likeness (QED) is 0.179. The van der Waals surface area contributed by atoms with E-state index in [-0.39, 0.29) is 29.7 Å². The molecule has 9 nitrogen and oxygen atoms in total. The van der Waals surface area contributed by atoms with Gasteiger partial charge in [0.2, 0.25) is 0 Å². The lowest BCUT2D eigenvalue weighted by Crippen LogP contribution is -2.26. The molecular weight excluding hydrogens is 425 g/mol. The molecule has 10 heteroatoms. The number of ether oxygens (including phenoxy) is 1. The van der Waals surface area contributed by atoms with Crippen LogP contribution in [0.2, 0.25) is 0 Å². The minimum atomic E-state index is -4.34. The summed E-state index contributed by atoms with van der Waals surface area (Å²) in [7, 11) is -4.34. The van der Waals surface area contributed by atoms with Crippen LogP contribution in [0.25, 0.3) is 0 Å². The van der Waals surface area contributed by atoms with Crippen LogP contribution in [0.15, 0.2) is 54.6 Å². The van der Waals surface area contributed by atoms with Crippen molar-refractivity contribution in [1.29, 1.82) is 0 Å². The van der Waals surface area contributed by atoms with E-state index in [1.54, 1.807) is 30.3 Å². The number of phosphoric ester groups is 1. The molecule has 0 spiro atoms. The number of para-hydroxylation sites is 1. The first kappa shape index (κ1) is 24.4. The molecule has 0 aromatic heterocycles. The summed E-state index contributed by atoms with van der Waals surface area (Å²) in [6.07, 6.45) is 0.484. The third-order valence-corrected chi connectivity index (χ3v) is 5.90. The standard InChI is InChI=1S/C21H26NO8P/c1-4-17(5-2)15-27-21(23)16(3)28-31(26,29-19-9-7-6-8-10-19)30-20-13-11-18(12-14-20)22(24)25/h6-14,16-17H,4-5,15H2,1-3H3/t16-,31?/m0/s1. The Morgan fingerprint density at radius 1 is 1.00 bits per heavy atom. The van der Waals surface area contributed by atoms with E-state index in [1.807, 2.05) is 13.8 Å². The predicted molar refractivity (Wildman–Crippen MR) is 114 cm³/mol. The minimum absolute atomic E-state index is 0.0162. The monoisotopic (exact) mass is 451 g/mol. The van der Waals surface area contributed by atoms with Crippen molar-refractivity contribution >= 4 is 19.5 Å². The van der Waals surface area contributed by atoms with Gasteiger partial charge < -0.3 is 13.8 Å². The van der Waals surface area contributed by atoms with Gasteiger partial charge in [0.25, 0.3) is 5.69 Å². The van der Waals surface area contributed by atoms with Crippen LogP contribution in [0.3, 0.4) is 0 Å². The highest BCUT2D eigenvalue weighted by atomic mass is 31.2. The maximum absolute atomic E-state index is 13.3. The normalized spacial score (nSPS) is 13.8. The molecule has 2 rings (SSSR count). The number of nitro benzene ring substituents is 1. The number of hydrogen-bond donors (Lipinski definition) is 0. The van der Waals surface area contributed by atoms with Crippen LogP contribution in [0, 0.1) is 16.0 Å². The van der Waals surface area contributed by atoms with Crippen LogP contribution in [-0.2, 0) is 18.6 Å². The fourth-order valence-corrected chi connectivity index (χ4v) is 3.86. The molecule has 0 aliphatic heterocycles. The average Bonchev–Trinajstić information content (AvgIpc) is 2.75. The molecule has 2 aromatic rings. The van der Waals surface area contributed by atoms with Crippen LogP contribution in [0.4, 0.5) is 5.69 Å². The van der Waals surface area contributed by atoms with Crippen LogP contribution in [0.1, 0.15) is 33.6 Å². The van der Waals surface area contributed by atoms with Crippen LogP contribution >= 0.6 is 7.82 Å². The zero-order valence-corrected chi connectivity index (χ0v) is 18.5. The fourth-order valence-electron chi connectivity index (χ4n) is 2.51. The maximum atomic E-state index is 13.3. The van der Waals surface area contributed by atoms with Gasteiger partial charge in [-0.3, -0.25) is 14.6 Å². The van der Waals surface area contributed by atoms with Crippen LogP contribution in [0.5, 0.6) is 11.5 Å². The minimum Gasteiger partial charge on any atom is -0.463 e. The molecule has 0 aliphatic carbocycles. The van der Waals surface area contributed by atoms with Crippen molar-refractivity contribution in [1.82, 2.24) is 0 Å². The lowest BCUT2D eigenvalue weighted by Gasteiger charge is -2.22. The van der Waals surface area contributed by atoms with E-state index in [1.165, 1.54) is 31.2 Å². The zero-order valence-electron chi connectivity index (χ0n) is 17.6. The van der Waals surface area contributed by atoms with E-state index in [0.717, 1.165) is 12.8 Å². The zero-order chi connectivity index (χ0) is 22.9. The van der Waals surface area contributed by atoms with E-state index in [4.69, 9.17) is 18.3 Å². The van der Waals surface area contributed by atoms with Gasteiger partial charge in [0.1, 0.15) is 11.5 Å². The topological polar surface area (TPSA) is 114 Å². The number of carbonyl (C=O) groups is 1. The van der Waals surface area contributed by atoms with Crippen molar-refractivity contribution < 1.29 is 32.6 Å². The third-order valence-electron chi connectivity index (χ3n) is 4.46. The Bertz CT molecular complexity index is 899. The van der Waals surface area contributed by atoms with Gasteiger partial charge in [-0.15, -0.1) is 0 Å². The third kappa shape index (κ3) is 7.70. The van der Waals surface area contributed by atoms with Gasteiger partial charge in [0.05, 0.1) is 11.5 Å². The highest BCUT2D eigenvalue weighted by Gasteiger charge is 2.36. The Morgan fingerprint density at radius 2 is 1.55 bits per heavy atom. The summed E-state index contributed by atoms with van der Waals surface area (Å²) in [6, 6.07) is 13.1. The van der Waals surface area contributed by atoms with Crippen molar-refractivity contribution in [2.45, 2.75) is 39.7 Å². The largest absolute Gasteiger partial charge is 0.588 e. The van der Waals surface area contributed by atoms with E-state index in [2.05, 4.69) is 0 Å². The van der Waals surface area contributed by atoms with Crippen molar-refractivity contribution in [3.8, 4) is 11.5 Å². The first-order valence-electron chi connectivity index (χ1n) is 9.90. The molecule has 168 valence electrons. The summed E-state index contributed by atoms with van der Waals surface area (Å²) in [4.78, 5) is 22.6. The van der Waals surface area contributed by atoms with E-state index in [9.17, 15) is 19.5 Å². The van der Waals surface area contributed by atoms with Gasteiger partial charge in [0, 0.05) is 12.1 Å². The number of nitro groups is 1. The van der Waals surface area contributed by atoms with Gasteiger partial charge in [-0.1, -0.05) is 44.9 Å². The summed E-state index contributed by atoms with van der Waals surface area (Å²) < 4.78 is 34.8. The number of rotatable bonds is 12. The first-order chi connectivity index (χ1) is 14.8. The molecule has 0 saturated carbocycles. The van der Waals surface area contributed by atoms with E-state index >= 15 is 0 Å². The number of nitrogens with zero attached hydrogens (tertiary/aromatic N) is 1. The number of hydrogen-bond acceptors (Lipinski definition) is 8. The Morgan fingerprint density at radius 3 is 2.06 bits per heavy atom. The second-order valence-electron chi connectivity index (χ2n) is 6.75. The SMILES string of the molecule is CCC(CC)COC(=O)[C@H](C)OP(=O)(Oc1ccccc1)Oc1ccc([N+](=O)[O-])cc1. The Labute approximate surface area is 181 Å². The summed E-state index contributed by atoms with van der Waals surface area (Å²) >= 11 is 0. The Balaban J connectivity index is 2.16. The van der Waals surface area contributed by atoms with Crippen LogP contribution < -0.4 is 9.05 Å². The van der Waals surface area contributed by atoms with Crippen molar-refractivity contribution in [3.63, 3.8) is 0 Å². The molecule has 0 fully saturated rings. The fraction of sp³-hybridized carbons (Fsp3) is 0.381. The van der Waals surface area contributed by atoms with Crippen molar-refractivity contribution in [2.75, 3.05) is 6.61 Å². The summed E-state index contributed by atoms with van der Waals surface area (Å²) in [5.41, 5.74) is -0.162. The molecule has 0 radical (unpaired) electrons. The number of phosphoric acid groups is 1. The average molecular weight is 451 g/mol. The molecule has 2 atom stereocenters. The smallest absolute Gasteiger partial charge is 0.463 e. The number of carbonyl (C=O) groups excluding carboxylic acids is 1. The van der Waals surface area contributed by atoms with Crippen LogP contribution in [-0.4, -0.2) is 23.6 Å².